The molecule has 0 saturated heterocycles. The van der Waals surface area contributed by atoms with E-state index in [1.165, 1.54) is 5.57 Å². The first kappa shape index (κ1) is 14.0. The van der Waals surface area contributed by atoms with Gasteiger partial charge in [0.25, 0.3) is 5.91 Å². The number of hydrogen-bond acceptors (Lipinski definition) is 3. The monoisotopic (exact) mass is 306 g/mol. The first-order valence-corrected chi connectivity index (χ1v) is 8.03. The zero-order valence-corrected chi connectivity index (χ0v) is 12.8. The number of carbonyl (C=O) groups is 1. The minimum Gasteiger partial charge on any atom is -0.505 e. The molecule has 0 spiro atoms. The van der Waals surface area contributed by atoms with E-state index in [1.54, 1.807) is 17.2 Å². The highest BCUT2D eigenvalue weighted by Crippen LogP contribution is 2.34. The first-order valence-electron chi connectivity index (χ1n) is 8.03. The number of amides is 1. The number of aromatic hydroxyl groups is 1. The molecule has 1 aliphatic carbocycles. The van der Waals surface area contributed by atoms with E-state index in [0.29, 0.717) is 17.6 Å². The number of aromatic nitrogens is 1. The van der Waals surface area contributed by atoms with Gasteiger partial charge in [0.15, 0.2) is 5.75 Å². The molecule has 1 aromatic carbocycles. The Morgan fingerprint density at radius 1 is 1.22 bits per heavy atom. The third-order valence-corrected chi connectivity index (χ3v) is 4.63. The fourth-order valence-corrected chi connectivity index (χ4v) is 3.46. The molecule has 1 N–H and O–H groups in total. The number of benzene rings is 1. The maximum atomic E-state index is 13.0. The smallest absolute Gasteiger partial charge is 0.262 e. The summed E-state index contributed by atoms with van der Waals surface area (Å²) in [5.41, 5.74) is 3.17. The lowest BCUT2D eigenvalue weighted by Crippen LogP contribution is -2.34. The van der Waals surface area contributed by atoms with Gasteiger partial charge in [-0.3, -0.25) is 9.78 Å². The summed E-state index contributed by atoms with van der Waals surface area (Å²) in [6.07, 6.45) is 9.91. The Morgan fingerprint density at radius 2 is 2.13 bits per heavy atom. The van der Waals surface area contributed by atoms with Crippen LogP contribution in [0.3, 0.4) is 0 Å². The second-order valence-corrected chi connectivity index (χ2v) is 6.03. The minimum atomic E-state index is -0.145. The summed E-state index contributed by atoms with van der Waals surface area (Å²) in [6.45, 7) is 0.696. The third kappa shape index (κ3) is 2.31. The van der Waals surface area contributed by atoms with Gasteiger partial charge in [0.1, 0.15) is 5.52 Å². The van der Waals surface area contributed by atoms with Crippen molar-refractivity contribution < 1.29 is 9.90 Å². The molecule has 23 heavy (non-hydrogen) atoms. The highest BCUT2D eigenvalue weighted by molar-refractivity contribution is 6.03. The van der Waals surface area contributed by atoms with Crippen molar-refractivity contribution in [3.05, 3.63) is 59.4 Å². The third-order valence-electron chi connectivity index (χ3n) is 4.63. The molecule has 0 bridgehead atoms. The van der Waals surface area contributed by atoms with Crippen molar-refractivity contribution in [1.29, 1.82) is 0 Å². The van der Waals surface area contributed by atoms with Crippen LogP contribution in [0.5, 0.6) is 5.75 Å². The van der Waals surface area contributed by atoms with Crippen molar-refractivity contribution in [2.75, 3.05) is 6.54 Å². The Kier molecular flexibility index (Phi) is 3.37. The number of phenols is 1. The highest BCUT2D eigenvalue weighted by atomic mass is 16.3. The topological polar surface area (TPSA) is 53.4 Å². The number of pyridine rings is 1. The van der Waals surface area contributed by atoms with Crippen LogP contribution >= 0.6 is 0 Å². The van der Waals surface area contributed by atoms with Crippen molar-refractivity contribution in [2.45, 2.75) is 25.7 Å². The van der Waals surface area contributed by atoms with E-state index in [9.17, 15) is 9.90 Å². The van der Waals surface area contributed by atoms with E-state index < -0.39 is 0 Å². The van der Waals surface area contributed by atoms with Crippen molar-refractivity contribution in [3.63, 3.8) is 0 Å². The van der Waals surface area contributed by atoms with Crippen LogP contribution in [-0.4, -0.2) is 27.4 Å². The van der Waals surface area contributed by atoms with Gasteiger partial charge in [-0.25, -0.2) is 0 Å². The predicted molar refractivity (Wildman–Crippen MR) is 89.1 cm³/mol. The Bertz CT molecular complexity index is 852. The molecule has 4 nitrogen and oxygen atoms in total. The largest absolute Gasteiger partial charge is 0.505 e. The zero-order chi connectivity index (χ0) is 15.8. The van der Waals surface area contributed by atoms with Crippen molar-refractivity contribution >= 4 is 16.8 Å². The average molecular weight is 306 g/mol. The zero-order valence-electron chi connectivity index (χ0n) is 12.8. The summed E-state index contributed by atoms with van der Waals surface area (Å²) < 4.78 is 0. The molecule has 4 rings (SSSR count). The molecule has 1 aromatic heterocycles. The molecule has 2 aromatic rings. The fraction of sp³-hybridized carbons (Fsp3) is 0.263. The summed E-state index contributed by atoms with van der Waals surface area (Å²) in [7, 11) is 0. The van der Waals surface area contributed by atoms with Gasteiger partial charge in [0.2, 0.25) is 0 Å². The van der Waals surface area contributed by atoms with Gasteiger partial charge >= 0.3 is 0 Å². The number of hydrogen-bond donors (Lipinski definition) is 1. The summed E-state index contributed by atoms with van der Waals surface area (Å²) in [5.74, 6) is -0.172. The summed E-state index contributed by atoms with van der Waals surface area (Å²) in [4.78, 5) is 19.0. The van der Waals surface area contributed by atoms with E-state index >= 15 is 0 Å². The average Bonchev–Trinajstić information content (AvgIpc) is 2.61. The van der Waals surface area contributed by atoms with Crippen LogP contribution in [0.4, 0.5) is 0 Å². The maximum absolute atomic E-state index is 13.0. The van der Waals surface area contributed by atoms with E-state index in [2.05, 4.69) is 11.1 Å². The van der Waals surface area contributed by atoms with Crippen molar-refractivity contribution in [3.8, 4) is 5.75 Å². The Hall–Kier alpha value is -2.62. The van der Waals surface area contributed by atoms with Crippen LogP contribution in [0.25, 0.3) is 10.9 Å². The molecule has 0 saturated carbocycles. The Labute approximate surface area is 134 Å². The van der Waals surface area contributed by atoms with Crippen molar-refractivity contribution in [1.82, 2.24) is 9.88 Å². The quantitative estimate of drug-likeness (QED) is 0.872. The van der Waals surface area contributed by atoms with Crippen LogP contribution in [-0.2, 0) is 0 Å². The molecule has 1 amide bonds. The molecule has 2 heterocycles. The summed E-state index contributed by atoms with van der Waals surface area (Å²) >= 11 is 0. The van der Waals surface area contributed by atoms with Gasteiger partial charge in [0.05, 0.1) is 5.56 Å². The summed E-state index contributed by atoms with van der Waals surface area (Å²) in [6, 6.07) is 7.23. The van der Waals surface area contributed by atoms with Crippen LogP contribution in [0.15, 0.2) is 53.9 Å². The lowest BCUT2D eigenvalue weighted by atomic mass is 9.93. The first-order chi connectivity index (χ1) is 11.3. The van der Waals surface area contributed by atoms with E-state index in [0.717, 1.165) is 36.8 Å². The standard InChI is InChI=1S/C19H18N2O2/c22-18-15(10-9-14-6-3-11-20-17(14)18)19(23)21-12-4-7-13-5-1-2-8-16(13)21/h2-3,6,8-11,22H,1,4-5,7,12H2. The predicted octanol–water partition coefficient (Wildman–Crippen LogP) is 3.78. The number of allylic oxidation sites excluding steroid dienone is 3. The fourth-order valence-electron chi connectivity index (χ4n) is 3.46. The second-order valence-electron chi connectivity index (χ2n) is 6.03. The van der Waals surface area contributed by atoms with Crippen molar-refractivity contribution in [2.24, 2.45) is 0 Å². The van der Waals surface area contributed by atoms with Crippen LogP contribution in [0.2, 0.25) is 0 Å². The number of fused-ring (bicyclic) bond motifs is 1. The molecule has 1 aliphatic heterocycles. The van der Waals surface area contributed by atoms with Crippen LogP contribution in [0.1, 0.15) is 36.0 Å². The van der Waals surface area contributed by atoms with E-state index in [-0.39, 0.29) is 11.7 Å². The number of nitrogens with zero attached hydrogens (tertiary/aromatic N) is 2. The van der Waals surface area contributed by atoms with Gasteiger partial charge in [-0.1, -0.05) is 18.2 Å². The number of phenolic OH excluding ortho intramolecular Hbond substituents is 1. The molecule has 4 heteroatoms. The molecule has 116 valence electrons. The van der Waals surface area contributed by atoms with E-state index in [1.807, 2.05) is 24.3 Å². The number of carbonyl (C=O) groups excluding carboxylic acids is 1. The van der Waals surface area contributed by atoms with Gasteiger partial charge in [0, 0.05) is 23.8 Å². The SMILES string of the molecule is O=C(c1ccc2cccnc2c1O)N1CCCC2=C1C=CCC2. The lowest BCUT2D eigenvalue weighted by Gasteiger charge is -2.32. The molecular weight excluding hydrogens is 288 g/mol. The normalized spacial score (nSPS) is 17.5. The maximum Gasteiger partial charge on any atom is 0.262 e. The molecule has 0 fully saturated rings. The van der Waals surface area contributed by atoms with Crippen LogP contribution < -0.4 is 0 Å². The molecule has 0 atom stereocenters. The number of rotatable bonds is 1. The van der Waals surface area contributed by atoms with Gasteiger partial charge in [-0.05, 0) is 49.5 Å². The summed E-state index contributed by atoms with van der Waals surface area (Å²) in [5, 5.41) is 11.3. The minimum absolute atomic E-state index is 0.0272. The lowest BCUT2D eigenvalue weighted by molar-refractivity contribution is 0.0796. The van der Waals surface area contributed by atoms with Crippen LogP contribution in [0, 0.1) is 0 Å². The Balaban J connectivity index is 1.77. The van der Waals surface area contributed by atoms with Gasteiger partial charge in [-0.2, -0.15) is 0 Å². The molecule has 0 unspecified atom stereocenters. The molecular formula is C19H18N2O2. The second kappa shape index (κ2) is 5.54. The van der Waals surface area contributed by atoms with Gasteiger partial charge in [-0.15, -0.1) is 0 Å². The van der Waals surface area contributed by atoms with E-state index in [4.69, 9.17) is 0 Å². The Morgan fingerprint density at radius 3 is 3.04 bits per heavy atom. The van der Waals surface area contributed by atoms with Gasteiger partial charge < -0.3 is 10.0 Å². The highest BCUT2D eigenvalue weighted by Gasteiger charge is 2.27. The molecule has 0 radical (unpaired) electrons. The molecule has 2 aliphatic rings.